The molecule has 2 aromatic rings. The predicted octanol–water partition coefficient (Wildman–Crippen LogP) is 0.726. The number of anilines is 1. The third-order valence-corrected chi connectivity index (χ3v) is 2.42. The molecule has 0 aliphatic carbocycles. The van der Waals surface area contributed by atoms with Crippen LogP contribution in [0.2, 0.25) is 0 Å². The molecular formula is C12H13N5O. The number of pyridine rings is 1. The van der Waals surface area contributed by atoms with Crippen LogP contribution in [0.25, 0.3) is 0 Å². The van der Waals surface area contributed by atoms with Gasteiger partial charge in [-0.15, -0.1) is 10.2 Å². The lowest BCUT2D eigenvalue weighted by atomic mass is 10.2. The average molecular weight is 243 g/mol. The molecule has 0 aliphatic heterocycles. The molecule has 0 fully saturated rings. The Morgan fingerprint density at radius 3 is 2.56 bits per heavy atom. The minimum absolute atomic E-state index is 0.195. The summed E-state index contributed by atoms with van der Waals surface area (Å²) in [5.41, 5.74) is 6.70. The van der Waals surface area contributed by atoms with Crippen LogP contribution in [0.1, 0.15) is 16.1 Å². The zero-order chi connectivity index (χ0) is 13.0. The van der Waals surface area contributed by atoms with Crippen LogP contribution in [0.15, 0.2) is 36.7 Å². The van der Waals surface area contributed by atoms with E-state index in [-0.39, 0.29) is 11.6 Å². The van der Waals surface area contributed by atoms with Crippen molar-refractivity contribution in [1.29, 1.82) is 0 Å². The molecule has 0 unspecified atom stereocenters. The Hall–Kier alpha value is -2.50. The van der Waals surface area contributed by atoms with Gasteiger partial charge >= 0.3 is 0 Å². The van der Waals surface area contributed by atoms with Crippen molar-refractivity contribution in [3.8, 4) is 0 Å². The van der Waals surface area contributed by atoms with E-state index in [2.05, 4.69) is 15.2 Å². The molecule has 1 amide bonds. The topological polar surface area (TPSA) is 85.0 Å². The van der Waals surface area contributed by atoms with Gasteiger partial charge in [0.2, 0.25) is 0 Å². The molecular weight excluding hydrogens is 230 g/mol. The number of rotatable bonds is 3. The fraction of sp³-hybridized carbons (Fsp3) is 0.167. The number of aromatic nitrogens is 3. The summed E-state index contributed by atoms with van der Waals surface area (Å²) in [7, 11) is 1.71. The zero-order valence-electron chi connectivity index (χ0n) is 9.95. The number of hydrogen-bond acceptors (Lipinski definition) is 5. The molecule has 2 aromatic heterocycles. The van der Waals surface area contributed by atoms with Gasteiger partial charge in [0.1, 0.15) is 5.82 Å². The monoisotopic (exact) mass is 243 g/mol. The second-order valence-electron chi connectivity index (χ2n) is 3.86. The van der Waals surface area contributed by atoms with E-state index in [1.54, 1.807) is 36.5 Å². The van der Waals surface area contributed by atoms with Gasteiger partial charge in [-0.2, -0.15) is 0 Å². The van der Waals surface area contributed by atoms with E-state index >= 15 is 0 Å². The van der Waals surface area contributed by atoms with E-state index in [9.17, 15) is 4.79 Å². The third kappa shape index (κ3) is 2.79. The van der Waals surface area contributed by atoms with Crippen LogP contribution in [0, 0.1) is 0 Å². The van der Waals surface area contributed by atoms with Crippen LogP contribution in [-0.2, 0) is 6.54 Å². The van der Waals surface area contributed by atoms with Gasteiger partial charge in [0.15, 0.2) is 5.69 Å². The van der Waals surface area contributed by atoms with Crippen LogP contribution < -0.4 is 5.73 Å². The third-order valence-electron chi connectivity index (χ3n) is 2.42. The van der Waals surface area contributed by atoms with Gasteiger partial charge in [0, 0.05) is 26.0 Å². The van der Waals surface area contributed by atoms with Crippen LogP contribution in [0.4, 0.5) is 5.82 Å². The zero-order valence-corrected chi connectivity index (χ0v) is 9.95. The van der Waals surface area contributed by atoms with E-state index < -0.39 is 0 Å². The first-order valence-electron chi connectivity index (χ1n) is 5.40. The quantitative estimate of drug-likeness (QED) is 0.858. The summed E-state index contributed by atoms with van der Waals surface area (Å²) in [4.78, 5) is 17.5. The fourth-order valence-corrected chi connectivity index (χ4v) is 1.49. The first-order valence-corrected chi connectivity index (χ1v) is 5.40. The van der Waals surface area contributed by atoms with E-state index in [0.29, 0.717) is 12.4 Å². The summed E-state index contributed by atoms with van der Waals surface area (Å²) < 4.78 is 0. The van der Waals surface area contributed by atoms with E-state index in [1.165, 1.54) is 0 Å². The molecule has 2 heterocycles. The lowest BCUT2D eigenvalue weighted by Crippen LogP contribution is -2.27. The van der Waals surface area contributed by atoms with E-state index in [4.69, 9.17) is 5.73 Å². The maximum absolute atomic E-state index is 12.0. The molecule has 18 heavy (non-hydrogen) atoms. The van der Waals surface area contributed by atoms with Crippen molar-refractivity contribution in [2.75, 3.05) is 12.8 Å². The largest absolute Gasteiger partial charge is 0.382 e. The molecule has 92 valence electrons. The Balaban J connectivity index is 2.07. The lowest BCUT2D eigenvalue weighted by Gasteiger charge is -2.16. The Bertz CT molecular complexity index is 526. The molecule has 0 bridgehead atoms. The number of nitrogens with zero attached hydrogens (tertiary/aromatic N) is 4. The Morgan fingerprint density at radius 1 is 1.22 bits per heavy atom. The van der Waals surface area contributed by atoms with Gasteiger partial charge in [-0.05, 0) is 29.8 Å². The summed E-state index contributed by atoms with van der Waals surface area (Å²) in [5, 5.41) is 7.42. The minimum Gasteiger partial charge on any atom is -0.382 e. The molecule has 2 N–H and O–H groups in total. The van der Waals surface area contributed by atoms with Crippen LogP contribution in [-0.4, -0.2) is 33.0 Å². The van der Waals surface area contributed by atoms with Gasteiger partial charge in [-0.3, -0.25) is 9.78 Å². The summed E-state index contributed by atoms with van der Waals surface area (Å²) in [6, 6.07) is 6.84. The van der Waals surface area contributed by atoms with Gasteiger partial charge in [0.05, 0.1) is 0 Å². The minimum atomic E-state index is -0.195. The highest BCUT2D eigenvalue weighted by Gasteiger charge is 2.13. The summed E-state index contributed by atoms with van der Waals surface area (Å²) >= 11 is 0. The number of hydrogen-bond donors (Lipinski definition) is 1. The van der Waals surface area contributed by atoms with Crippen molar-refractivity contribution in [1.82, 2.24) is 20.1 Å². The molecule has 0 radical (unpaired) electrons. The molecule has 0 aromatic carbocycles. The highest BCUT2D eigenvalue weighted by molar-refractivity contribution is 5.92. The normalized spacial score (nSPS) is 10.1. The van der Waals surface area contributed by atoms with Crippen LogP contribution >= 0.6 is 0 Å². The second-order valence-corrected chi connectivity index (χ2v) is 3.86. The van der Waals surface area contributed by atoms with Crippen LogP contribution in [0.5, 0.6) is 0 Å². The van der Waals surface area contributed by atoms with Gasteiger partial charge in [0.25, 0.3) is 5.91 Å². The van der Waals surface area contributed by atoms with Crippen molar-refractivity contribution >= 4 is 11.7 Å². The summed E-state index contributed by atoms with van der Waals surface area (Å²) in [6.07, 6.45) is 3.38. The fourth-order valence-electron chi connectivity index (χ4n) is 1.49. The molecule has 6 nitrogen and oxygen atoms in total. The summed E-state index contributed by atoms with van der Waals surface area (Å²) in [5.74, 6) is 0.0997. The van der Waals surface area contributed by atoms with Crippen molar-refractivity contribution < 1.29 is 4.79 Å². The number of nitrogen functional groups attached to an aromatic ring is 1. The van der Waals surface area contributed by atoms with Crippen molar-refractivity contribution in [2.45, 2.75) is 6.54 Å². The Kier molecular flexibility index (Phi) is 3.47. The van der Waals surface area contributed by atoms with Crippen molar-refractivity contribution in [2.24, 2.45) is 0 Å². The SMILES string of the molecule is CN(Cc1ccncc1)C(=O)c1ccc(N)nn1. The number of nitrogens with two attached hydrogens (primary N) is 1. The molecule has 0 saturated carbocycles. The molecule has 0 saturated heterocycles. The van der Waals surface area contributed by atoms with Gasteiger partial charge in [-0.25, -0.2) is 0 Å². The molecule has 0 aliphatic rings. The highest BCUT2D eigenvalue weighted by Crippen LogP contribution is 2.06. The maximum Gasteiger partial charge on any atom is 0.274 e. The number of carbonyl (C=O) groups is 1. The first-order chi connectivity index (χ1) is 8.66. The standard InChI is InChI=1S/C12H13N5O/c1-17(8-9-4-6-14-7-5-9)12(18)10-2-3-11(13)16-15-10/h2-7H,8H2,1H3,(H2,13,16). The van der Waals surface area contributed by atoms with Crippen molar-refractivity contribution in [3.63, 3.8) is 0 Å². The smallest absolute Gasteiger partial charge is 0.274 e. The Morgan fingerprint density at radius 2 is 1.94 bits per heavy atom. The summed E-state index contributed by atoms with van der Waals surface area (Å²) in [6.45, 7) is 0.493. The lowest BCUT2D eigenvalue weighted by molar-refractivity contribution is 0.0778. The molecule has 0 atom stereocenters. The van der Waals surface area contributed by atoms with Gasteiger partial charge in [-0.1, -0.05) is 0 Å². The first kappa shape index (κ1) is 12.0. The average Bonchev–Trinajstić information content (AvgIpc) is 2.40. The Labute approximate surface area is 104 Å². The van der Waals surface area contributed by atoms with E-state index in [0.717, 1.165) is 5.56 Å². The van der Waals surface area contributed by atoms with Crippen molar-refractivity contribution in [3.05, 3.63) is 47.9 Å². The predicted molar refractivity (Wildman–Crippen MR) is 66.5 cm³/mol. The maximum atomic E-state index is 12.0. The number of amides is 1. The number of carbonyl (C=O) groups excluding carboxylic acids is 1. The van der Waals surface area contributed by atoms with Crippen LogP contribution in [0.3, 0.4) is 0 Å². The highest BCUT2D eigenvalue weighted by atomic mass is 16.2. The molecule has 6 heteroatoms. The second kappa shape index (κ2) is 5.22. The molecule has 2 rings (SSSR count). The van der Waals surface area contributed by atoms with Gasteiger partial charge < -0.3 is 10.6 Å². The van der Waals surface area contributed by atoms with E-state index in [1.807, 2.05) is 12.1 Å². The molecule has 0 spiro atoms.